The zero-order valence-corrected chi connectivity index (χ0v) is 69.3. The van der Waals surface area contributed by atoms with Crippen LogP contribution in [0.4, 0.5) is 0 Å². The molecule has 0 bridgehead atoms. The molecule has 0 saturated heterocycles. The largest absolute Gasteiger partial charge is 0.472 e. The normalized spacial score (nSPS) is 13.8. The molecule has 0 saturated carbocycles. The molecule has 0 aromatic heterocycles. The third kappa shape index (κ3) is 78.0. The molecule has 612 valence electrons. The van der Waals surface area contributed by atoms with Gasteiger partial charge in [0, 0.05) is 25.7 Å². The Hall–Kier alpha value is -1.94. The van der Waals surface area contributed by atoms with E-state index in [1.165, 1.54) is 276 Å². The molecule has 0 radical (unpaired) electrons. The molecule has 0 spiro atoms. The molecule has 19 heteroatoms. The summed E-state index contributed by atoms with van der Waals surface area (Å²) in [7, 11) is -9.92. The van der Waals surface area contributed by atoms with Gasteiger partial charge in [-0.05, 0) is 31.6 Å². The molecule has 2 unspecified atom stereocenters. The van der Waals surface area contributed by atoms with Gasteiger partial charge >= 0.3 is 39.5 Å². The van der Waals surface area contributed by atoms with Crippen LogP contribution in [0.25, 0.3) is 0 Å². The van der Waals surface area contributed by atoms with Crippen LogP contribution >= 0.6 is 15.6 Å². The summed E-state index contributed by atoms with van der Waals surface area (Å²) < 4.78 is 68.8. The van der Waals surface area contributed by atoms with E-state index in [2.05, 4.69) is 34.6 Å². The molecule has 103 heavy (non-hydrogen) atoms. The summed E-state index contributed by atoms with van der Waals surface area (Å²) in [5, 5.41) is 10.7. The minimum atomic E-state index is -4.96. The van der Waals surface area contributed by atoms with Crippen LogP contribution in [0.3, 0.4) is 0 Å². The number of unbranched alkanes of at least 4 members (excludes halogenated alkanes) is 56. The summed E-state index contributed by atoms with van der Waals surface area (Å²) in [6, 6.07) is 0. The number of phosphoric ester groups is 2. The van der Waals surface area contributed by atoms with Gasteiger partial charge < -0.3 is 33.8 Å². The standard InChI is InChI=1S/C84H164O17P2/c1-6-9-12-15-18-21-24-26-28-30-32-34-36-38-40-42-48-53-58-63-68-82(87)95-74-80(100-83(88)69-64-59-54-49-43-41-39-37-35-33-31-29-27-25-22-19-16-13-10-7-2)76-99-103(92,93)97-72-78(85)71-96-102(90,91)98-75-79(73-94-81(86)67-62-57-52-47-23-20-17-14-11-8-3)101-84(89)70-65-60-55-50-45-44-46-51-56-61-66-77(4)5/h77-80,85H,6-76H2,1-5H3,(H,90,91)(H,92,93)/t78-,79+,80+/m0/s1. The first-order valence-electron chi connectivity index (χ1n) is 43.6. The highest BCUT2D eigenvalue weighted by Crippen LogP contribution is 2.45. The molecule has 17 nitrogen and oxygen atoms in total. The Morgan fingerprint density at radius 2 is 0.447 bits per heavy atom. The molecule has 0 aromatic rings. The van der Waals surface area contributed by atoms with Crippen molar-refractivity contribution >= 4 is 39.5 Å². The molecule has 0 fully saturated rings. The van der Waals surface area contributed by atoms with E-state index in [-0.39, 0.29) is 25.7 Å². The van der Waals surface area contributed by atoms with Crippen LogP contribution in [0, 0.1) is 5.92 Å². The lowest BCUT2D eigenvalue weighted by Gasteiger charge is -2.21. The average Bonchev–Trinajstić information content (AvgIpc) is 0.963. The number of carbonyl (C=O) groups excluding carboxylic acids is 4. The first kappa shape index (κ1) is 101. The van der Waals surface area contributed by atoms with Crippen molar-refractivity contribution in [3.63, 3.8) is 0 Å². The lowest BCUT2D eigenvalue weighted by molar-refractivity contribution is -0.161. The van der Waals surface area contributed by atoms with Crippen molar-refractivity contribution in [2.45, 2.75) is 470 Å². The number of phosphoric acid groups is 2. The van der Waals surface area contributed by atoms with E-state index in [1.54, 1.807) is 0 Å². The second-order valence-corrected chi connectivity index (χ2v) is 33.6. The number of carbonyl (C=O) groups is 4. The summed E-state index contributed by atoms with van der Waals surface area (Å²) in [6.07, 6.45) is 69.5. The Kier molecular flexibility index (Phi) is 75.4. The third-order valence-corrected chi connectivity index (χ3v) is 21.7. The topological polar surface area (TPSA) is 237 Å². The Morgan fingerprint density at radius 3 is 0.660 bits per heavy atom. The zero-order valence-electron chi connectivity index (χ0n) is 67.5. The van der Waals surface area contributed by atoms with Crippen LogP contribution in [0.5, 0.6) is 0 Å². The first-order chi connectivity index (χ1) is 50.0. The Morgan fingerprint density at radius 1 is 0.262 bits per heavy atom. The van der Waals surface area contributed by atoms with Gasteiger partial charge in [0.2, 0.25) is 0 Å². The SMILES string of the molecule is CCCCCCCCCCCCCCCCCCCCCCC(=O)OC[C@H](COP(=O)(O)OC[C@@H](O)COP(=O)(O)OC[C@@H](COC(=O)CCCCCCCCCCCC)OC(=O)CCCCCCCCCCCCC(C)C)OC(=O)CCCCCCCCCCCCCCCCCCCCCC. The fourth-order valence-corrected chi connectivity index (χ4v) is 14.7. The van der Waals surface area contributed by atoms with Gasteiger partial charge in [0.25, 0.3) is 0 Å². The quantitative estimate of drug-likeness (QED) is 0.0222. The molecule has 0 aliphatic carbocycles. The van der Waals surface area contributed by atoms with Crippen molar-refractivity contribution in [2.24, 2.45) is 5.92 Å². The molecular weight excluding hydrogens is 1340 g/mol. The van der Waals surface area contributed by atoms with Gasteiger partial charge in [-0.1, -0.05) is 401 Å². The van der Waals surface area contributed by atoms with Gasteiger partial charge in [0.05, 0.1) is 26.4 Å². The van der Waals surface area contributed by atoms with Gasteiger partial charge in [0.1, 0.15) is 19.3 Å². The molecule has 0 aromatic carbocycles. The van der Waals surface area contributed by atoms with Crippen molar-refractivity contribution in [3.05, 3.63) is 0 Å². The van der Waals surface area contributed by atoms with E-state index in [4.69, 9.17) is 37.0 Å². The fourth-order valence-electron chi connectivity index (χ4n) is 13.1. The van der Waals surface area contributed by atoms with Crippen molar-refractivity contribution in [1.82, 2.24) is 0 Å². The highest BCUT2D eigenvalue weighted by molar-refractivity contribution is 7.47. The smallest absolute Gasteiger partial charge is 0.462 e. The van der Waals surface area contributed by atoms with E-state index in [0.717, 1.165) is 95.8 Å². The highest BCUT2D eigenvalue weighted by atomic mass is 31.2. The monoisotopic (exact) mass is 1510 g/mol. The maximum atomic E-state index is 13.1. The fraction of sp³-hybridized carbons (Fsp3) is 0.952. The van der Waals surface area contributed by atoms with Gasteiger partial charge in [-0.3, -0.25) is 37.3 Å². The molecule has 0 aliphatic rings. The van der Waals surface area contributed by atoms with E-state index < -0.39 is 97.5 Å². The predicted molar refractivity (Wildman–Crippen MR) is 423 cm³/mol. The number of aliphatic hydroxyl groups is 1. The van der Waals surface area contributed by atoms with Gasteiger partial charge in [-0.2, -0.15) is 0 Å². The molecule has 0 heterocycles. The summed E-state index contributed by atoms with van der Waals surface area (Å²) in [4.78, 5) is 73.1. The van der Waals surface area contributed by atoms with Crippen LogP contribution in [0.15, 0.2) is 0 Å². The van der Waals surface area contributed by atoms with Gasteiger partial charge in [-0.25, -0.2) is 9.13 Å². The number of hydrogen-bond donors (Lipinski definition) is 3. The summed E-state index contributed by atoms with van der Waals surface area (Å²) in [5.41, 5.74) is 0. The Labute approximate surface area is 632 Å². The Balaban J connectivity index is 5.21. The maximum absolute atomic E-state index is 13.1. The number of rotatable bonds is 84. The second kappa shape index (κ2) is 76.8. The number of esters is 4. The molecule has 0 amide bonds. The minimum Gasteiger partial charge on any atom is -0.462 e. The van der Waals surface area contributed by atoms with Crippen molar-refractivity contribution in [1.29, 1.82) is 0 Å². The summed E-state index contributed by atoms with van der Waals surface area (Å²) in [6.45, 7) is 7.33. The van der Waals surface area contributed by atoms with Crippen molar-refractivity contribution in [3.8, 4) is 0 Å². The third-order valence-electron chi connectivity index (χ3n) is 19.8. The van der Waals surface area contributed by atoms with Crippen LogP contribution in [0.1, 0.15) is 452 Å². The van der Waals surface area contributed by atoms with E-state index in [0.29, 0.717) is 25.7 Å². The lowest BCUT2D eigenvalue weighted by Crippen LogP contribution is -2.30. The first-order valence-corrected chi connectivity index (χ1v) is 46.6. The second-order valence-electron chi connectivity index (χ2n) is 30.7. The summed E-state index contributed by atoms with van der Waals surface area (Å²) in [5.74, 6) is -1.35. The minimum absolute atomic E-state index is 0.107. The van der Waals surface area contributed by atoms with Crippen LogP contribution in [-0.4, -0.2) is 96.7 Å². The number of ether oxygens (including phenoxy) is 4. The van der Waals surface area contributed by atoms with Crippen LogP contribution in [0.2, 0.25) is 0 Å². The molecular formula is C84H164O17P2. The Bertz CT molecular complexity index is 1960. The number of hydrogen-bond acceptors (Lipinski definition) is 15. The van der Waals surface area contributed by atoms with E-state index in [9.17, 15) is 43.2 Å². The molecule has 0 aliphatic heterocycles. The number of aliphatic hydroxyl groups excluding tert-OH is 1. The predicted octanol–water partition coefficient (Wildman–Crippen LogP) is 25.6. The van der Waals surface area contributed by atoms with Crippen LogP contribution < -0.4 is 0 Å². The average molecular weight is 1510 g/mol. The lowest BCUT2D eigenvalue weighted by atomic mass is 10.0. The zero-order chi connectivity index (χ0) is 75.5. The molecule has 3 N–H and O–H groups in total. The maximum Gasteiger partial charge on any atom is 0.472 e. The van der Waals surface area contributed by atoms with Crippen molar-refractivity contribution in [2.75, 3.05) is 39.6 Å². The van der Waals surface area contributed by atoms with E-state index >= 15 is 0 Å². The highest BCUT2D eigenvalue weighted by Gasteiger charge is 2.30. The molecule has 5 atom stereocenters. The van der Waals surface area contributed by atoms with E-state index in [1.807, 2.05) is 0 Å². The van der Waals surface area contributed by atoms with Crippen LogP contribution in [-0.2, 0) is 65.4 Å². The van der Waals surface area contributed by atoms with Crippen molar-refractivity contribution < 1.29 is 80.2 Å². The van der Waals surface area contributed by atoms with Gasteiger partial charge in [0.15, 0.2) is 12.2 Å². The van der Waals surface area contributed by atoms with Gasteiger partial charge in [-0.15, -0.1) is 0 Å². The molecule has 0 rings (SSSR count). The summed E-state index contributed by atoms with van der Waals surface area (Å²) >= 11 is 0.